The number of aryl methyl sites for hydroxylation is 1. The van der Waals surface area contributed by atoms with Gasteiger partial charge in [-0.15, -0.1) is 0 Å². The van der Waals surface area contributed by atoms with E-state index in [4.69, 9.17) is 0 Å². The Balaban J connectivity index is 1.66. The lowest BCUT2D eigenvalue weighted by Gasteiger charge is -2.07. The number of methoxy groups -OCH3 is 1. The van der Waals surface area contributed by atoms with E-state index in [0.29, 0.717) is 16.8 Å². The van der Waals surface area contributed by atoms with Crippen molar-refractivity contribution in [1.29, 1.82) is 0 Å². The molecule has 2 aromatic carbocycles. The highest BCUT2D eigenvalue weighted by Gasteiger charge is 2.23. The van der Waals surface area contributed by atoms with Gasteiger partial charge in [0.2, 0.25) is 15.7 Å². The number of esters is 1. The summed E-state index contributed by atoms with van der Waals surface area (Å²) in [6.45, 7) is 1.74. The lowest BCUT2D eigenvalue weighted by Crippen LogP contribution is -2.20. The maximum Gasteiger partial charge on any atom is 0.337 e. The maximum atomic E-state index is 12.8. The SMILES string of the molecule is COC(=O)c1ccc(NC(=O)CSc2ncc(S(=O)(=O)c3ccc(Br)c(C)c3)c(=O)[nH]2)cc1. The van der Waals surface area contributed by atoms with Crippen molar-refractivity contribution in [3.63, 3.8) is 0 Å². The molecule has 1 amide bonds. The quantitative estimate of drug-likeness (QED) is 0.259. The molecule has 9 nitrogen and oxygen atoms in total. The first-order valence-electron chi connectivity index (χ1n) is 9.33. The number of thioether (sulfide) groups is 1. The zero-order valence-corrected chi connectivity index (χ0v) is 20.6. The zero-order chi connectivity index (χ0) is 24.2. The second-order valence-electron chi connectivity index (χ2n) is 6.70. The molecule has 1 heterocycles. The number of ether oxygens (including phenoxy) is 1. The lowest BCUT2D eigenvalue weighted by molar-refractivity contribution is -0.113. The number of carbonyl (C=O) groups excluding carboxylic acids is 2. The van der Waals surface area contributed by atoms with E-state index in [1.807, 2.05) is 0 Å². The maximum absolute atomic E-state index is 12.8. The summed E-state index contributed by atoms with van der Waals surface area (Å²) in [6.07, 6.45) is 0.983. The number of sulfone groups is 1. The van der Waals surface area contributed by atoms with Gasteiger partial charge in [-0.1, -0.05) is 27.7 Å². The number of hydrogen-bond acceptors (Lipinski definition) is 8. The molecule has 3 rings (SSSR count). The van der Waals surface area contributed by atoms with Gasteiger partial charge in [0.25, 0.3) is 5.56 Å². The minimum atomic E-state index is -4.06. The van der Waals surface area contributed by atoms with E-state index < -0.39 is 26.3 Å². The third-order valence-electron chi connectivity index (χ3n) is 4.40. The van der Waals surface area contributed by atoms with Gasteiger partial charge in [0.15, 0.2) is 10.1 Å². The highest BCUT2D eigenvalue weighted by Crippen LogP contribution is 2.24. The van der Waals surface area contributed by atoms with Crippen LogP contribution in [0.1, 0.15) is 15.9 Å². The van der Waals surface area contributed by atoms with Gasteiger partial charge in [0.05, 0.1) is 29.5 Å². The van der Waals surface area contributed by atoms with Crippen LogP contribution in [0.4, 0.5) is 5.69 Å². The van der Waals surface area contributed by atoms with E-state index in [2.05, 4.69) is 36.0 Å². The Morgan fingerprint density at radius 1 is 1.18 bits per heavy atom. The van der Waals surface area contributed by atoms with Crippen LogP contribution in [0.15, 0.2) is 72.9 Å². The summed E-state index contributed by atoms with van der Waals surface area (Å²) in [6, 6.07) is 10.6. The number of anilines is 1. The molecule has 3 aromatic rings. The van der Waals surface area contributed by atoms with Gasteiger partial charge < -0.3 is 15.0 Å². The second-order valence-corrected chi connectivity index (χ2v) is 10.4. The Bertz CT molecular complexity index is 1370. The number of aromatic nitrogens is 2. The van der Waals surface area contributed by atoms with Crippen molar-refractivity contribution in [2.45, 2.75) is 21.9 Å². The minimum Gasteiger partial charge on any atom is -0.465 e. The number of nitrogens with zero attached hydrogens (tertiary/aromatic N) is 1. The molecular weight excluding hydrogens is 534 g/mol. The third kappa shape index (κ3) is 5.89. The molecule has 0 unspecified atom stereocenters. The molecule has 0 radical (unpaired) electrons. The fraction of sp³-hybridized carbons (Fsp3) is 0.143. The van der Waals surface area contributed by atoms with Crippen molar-refractivity contribution in [3.05, 3.63) is 74.6 Å². The summed E-state index contributed by atoms with van der Waals surface area (Å²) in [4.78, 5) is 41.9. The summed E-state index contributed by atoms with van der Waals surface area (Å²) >= 11 is 4.25. The second kappa shape index (κ2) is 10.3. The highest BCUT2D eigenvalue weighted by atomic mass is 79.9. The molecule has 0 bridgehead atoms. The Kier molecular flexibility index (Phi) is 7.72. The standard InChI is InChI=1S/C21H18BrN3O6S2/c1-12-9-15(7-8-16(12)22)33(29,30)17-10-23-21(25-19(17)27)32-11-18(26)24-14-5-3-13(4-6-14)20(28)31-2/h3-10H,11H2,1-2H3,(H,24,26)(H,23,25,27). The van der Waals surface area contributed by atoms with Crippen LogP contribution in [0.3, 0.4) is 0 Å². The summed E-state index contributed by atoms with van der Waals surface area (Å²) in [5.41, 5.74) is 0.700. The normalized spacial score (nSPS) is 11.1. The van der Waals surface area contributed by atoms with Gasteiger partial charge >= 0.3 is 5.97 Å². The summed E-state index contributed by atoms with van der Waals surface area (Å²) in [7, 11) is -2.78. The van der Waals surface area contributed by atoms with Crippen LogP contribution in [0.25, 0.3) is 0 Å². The topological polar surface area (TPSA) is 135 Å². The highest BCUT2D eigenvalue weighted by molar-refractivity contribution is 9.10. The summed E-state index contributed by atoms with van der Waals surface area (Å²) in [5.74, 6) is -0.950. The van der Waals surface area contributed by atoms with Crippen molar-refractivity contribution in [1.82, 2.24) is 9.97 Å². The fourth-order valence-electron chi connectivity index (χ4n) is 2.68. The van der Waals surface area contributed by atoms with Crippen LogP contribution in [-0.2, 0) is 19.4 Å². The minimum absolute atomic E-state index is 0.0199. The first-order chi connectivity index (χ1) is 15.6. The van der Waals surface area contributed by atoms with E-state index in [1.165, 1.54) is 31.4 Å². The lowest BCUT2D eigenvalue weighted by atomic mass is 10.2. The van der Waals surface area contributed by atoms with Crippen LogP contribution < -0.4 is 10.9 Å². The molecule has 172 valence electrons. The monoisotopic (exact) mass is 551 g/mol. The van der Waals surface area contributed by atoms with E-state index in [1.54, 1.807) is 25.1 Å². The molecule has 0 fully saturated rings. The van der Waals surface area contributed by atoms with Crippen molar-refractivity contribution in [2.24, 2.45) is 0 Å². The molecule has 0 atom stereocenters. The molecule has 0 spiro atoms. The van der Waals surface area contributed by atoms with Gasteiger partial charge in [0.1, 0.15) is 0 Å². The molecular formula is C21H18BrN3O6S2. The van der Waals surface area contributed by atoms with Crippen LogP contribution >= 0.6 is 27.7 Å². The van der Waals surface area contributed by atoms with Gasteiger partial charge in [-0.25, -0.2) is 18.2 Å². The number of H-pyrrole nitrogens is 1. The van der Waals surface area contributed by atoms with Gasteiger partial charge in [-0.2, -0.15) is 0 Å². The summed E-state index contributed by atoms with van der Waals surface area (Å²) < 4.78 is 31.0. The molecule has 1 aromatic heterocycles. The molecule has 0 saturated heterocycles. The predicted octanol–water partition coefficient (Wildman–Crippen LogP) is 3.19. The van der Waals surface area contributed by atoms with E-state index in [0.717, 1.165) is 22.4 Å². The molecule has 0 aliphatic carbocycles. The van der Waals surface area contributed by atoms with Crippen LogP contribution in [0.5, 0.6) is 0 Å². The van der Waals surface area contributed by atoms with Crippen LogP contribution in [0, 0.1) is 6.92 Å². The average molecular weight is 552 g/mol. The van der Waals surface area contributed by atoms with Crippen molar-refractivity contribution in [3.8, 4) is 0 Å². The Morgan fingerprint density at radius 3 is 2.48 bits per heavy atom. The van der Waals surface area contributed by atoms with Crippen LogP contribution in [-0.4, -0.2) is 43.1 Å². The number of amides is 1. The number of benzene rings is 2. The molecule has 0 aliphatic heterocycles. The van der Waals surface area contributed by atoms with Crippen molar-refractivity contribution in [2.75, 3.05) is 18.2 Å². The predicted molar refractivity (Wildman–Crippen MR) is 126 cm³/mol. The number of carbonyl (C=O) groups is 2. The van der Waals surface area contributed by atoms with E-state index >= 15 is 0 Å². The molecule has 0 aliphatic rings. The molecule has 33 heavy (non-hydrogen) atoms. The number of halogens is 1. The van der Waals surface area contributed by atoms with Gasteiger partial charge in [-0.05, 0) is 55.0 Å². The fourth-order valence-corrected chi connectivity index (χ4v) is 4.88. The smallest absolute Gasteiger partial charge is 0.337 e. The number of aromatic amines is 1. The zero-order valence-electron chi connectivity index (χ0n) is 17.4. The Morgan fingerprint density at radius 2 is 1.88 bits per heavy atom. The third-order valence-corrected chi connectivity index (χ3v) is 7.92. The van der Waals surface area contributed by atoms with Gasteiger partial charge in [-0.3, -0.25) is 9.59 Å². The van der Waals surface area contributed by atoms with Crippen molar-refractivity contribution >= 4 is 55.1 Å². The first kappa shape index (κ1) is 24.7. The molecule has 2 N–H and O–H groups in total. The van der Waals surface area contributed by atoms with Crippen LogP contribution in [0.2, 0.25) is 0 Å². The first-order valence-corrected chi connectivity index (χ1v) is 12.6. The Labute approximate surface area is 202 Å². The largest absolute Gasteiger partial charge is 0.465 e. The molecule has 0 saturated carbocycles. The number of hydrogen-bond donors (Lipinski definition) is 2. The number of rotatable bonds is 7. The van der Waals surface area contributed by atoms with E-state index in [9.17, 15) is 22.8 Å². The van der Waals surface area contributed by atoms with Crippen molar-refractivity contribution < 1.29 is 22.7 Å². The number of nitrogens with one attached hydrogen (secondary N) is 2. The van der Waals surface area contributed by atoms with E-state index in [-0.39, 0.29) is 21.7 Å². The molecule has 12 heteroatoms. The van der Waals surface area contributed by atoms with Gasteiger partial charge in [0, 0.05) is 10.2 Å². The average Bonchev–Trinajstić information content (AvgIpc) is 2.79. The Hall–Kier alpha value is -2.96. The summed E-state index contributed by atoms with van der Waals surface area (Å²) in [5, 5.41) is 2.75.